The van der Waals surface area contributed by atoms with Crippen LogP contribution >= 0.6 is 22.9 Å². The number of hydrogen-bond donors (Lipinski definition) is 0. The average Bonchev–Trinajstić information content (AvgIpc) is 3.29. The second-order valence-electron chi connectivity index (χ2n) is 5.74. The fourth-order valence-corrected chi connectivity index (χ4v) is 3.60. The summed E-state index contributed by atoms with van der Waals surface area (Å²) in [6, 6.07) is 9.70. The maximum Gasteiger partial charge on any atom is 0.195 e. The quantitative estimate of drug-likeness (QED) is 0.418. The molecule has 0 radical (unpaired) electrons. The van der Waals surface area contributed by atoms with Gasteiger partial charge in [0.15, 0.2) is 5.78 Å². The standard InChI is InChI=1S/C20H19ClN2O2S/c1-3-17-6-9-20(26-17)18(24)7-4-14-5-8-19(25-2)15(10-14)12-23-13-16(21)11-22-23/h4-11,13H,3,12H2,1-2H3/b7-4+. The smallest absolute Gasteiger partial charge is 0.195 e. The van der Waals surface area contributed by atoms with E-state index in [1.165, 1.54) is 4.88 Å². The molecule has 0 N–H and O–H groups in total. The molecule has 0 atom stereocenters. The molecule has 0 aliphatic rings. The van der Waals surface area contributed by atoms with Gasteiger partial charge in [0.25, 0.3) is 0 Å². The first-order chi connectivity index (χ1) is 12.6. The van der Waals surface area contributed by atoms with Crippen molar-refractivity contribution in [2.75, 3.05) is 7.11 Å². The van der Waals surface area contributed by atoms with Gasteiger partial charge in [-0.2, -0.15) is 5.10 Å². The number of carbonyl (C=O) groups excluding carboxylic acids is 1. The summed E-state index contributed by atoms with van der Waals surface area (Å²) in [5.74, 6) is 0.789. The number of halogens is 1. The highest BCUT2D eigenvalue weighted by atomic mass is 35.5. The molecule has 0 bridgehead atoms. The number of nitrogens with zero attached hydrogens (tertiary/aromatic N) is 2. The number of methoxy groups -OCH3 is 1. The molecule has 134 valence electrons. The lowest BCUT2D eigenvalue weighted by molar-refractivity contribution is 0.105. The van der Waals surface area contributed by atoms with Crippen LogP contribution < -0.4 is 4.74 Å². The van der Waals surface area contributed by atoms with Crippen LogP contribution in [0, 0.1) is 0 Å². The van der Waals surface area contributed by atoms with Gasteiger partial charge in [-0.3, -0.25) is 9.48 Å². The third kappa shape index (κ3) is 4.42. The van der Waals surface area contributed by atoms with Crippen LogP contribution in [-0.4, -0.2) is 22.7 Å². The van der Waals surface area contributed by atoms with Crippen molar-refractivity contribution >= 4 is 34.8 Å². The first-order valence-corrected chi connectivity index (χ1v) is 9.44. The Morgan fingerprint density at radius 1 is 1.35 bits per heavy atom. The van der Waals surface area contributed by atoms with Crippen LogP contribution in [0.4, 0.5) is 0 Å². The number of aromatic nitrogens is 2. The highest BCUT2D eigenvalue weighted by molar-refractivity contribution is 7.14. The van der Waals surface area contributed by atoms with E-state index in [0.29, 0.717) is 11.6 Å². The molecule has 0 spiro atoms. The summed E-state index contributed by atoms with van der Waals surface area (Å²) >= 11 is 7.47. The van der Waals surface area contributed by atoms with Crippen LogP contribution in [0.15, 0.2) is 48.8 Å². The van der Waals surface area contributed by atoms with Crippen LogP contribution in [0.1, 0.15) is 32.6 Å². The van der Waals surface area contributed by atoms with E-state index in [1.807, 2.05) is 36.4 Å². The third-order valence-corrected chi connectivity index (χ3v) is 5.36. The first-order valence-electron chi connectivity index (χ1n) is 8.25. The Morgan fingerprint density at radius 3 is 2.85 bits per heavy atom. The molecular weight excluding hydrogens is 368 g/mol. The molecule has 0 saturated carbocycles. The van der Waals surface area contributed by atoms with Crippen molar-refractivity contribution in [1.29, 1.82) is 0 Å². The zero-order valence-corrected chi connectivity index (χ0v) is 16.2. The molecule has 2 aromatic heterocycles. The van der Waals surface area contributed by atoms with Gasteiger partial charge in [0.2, 0.25) is 0 Å². The zero-order chi connectivity index (χ0) is 18.5. The maximum atomic E-state index is 12.3. The molecule has 0 amide bonds. The molecule has 6 heteroatoms. The van der Waals surface area contributed by atoms with Crippen LogP contribution in [-0.2, 0) is 13.0 Å². The minimum Gasteiger partial charge on any atom is -0.496 e. The summed E-state index contributed by atoms with van der Waals surface area (Å²) < 4.78 is 7.17. The van der Waals surface area contributed by atoms with E-state index in [4.69, 9.17) is 16.3 Å². The molecule has 3 aromatic rings. The second kappa shape index (κ2) is 8.34. The Hall–Kier alpha value is -2.37. The van der Waals surface area contributed by atoms with Gasteiger partial charge in [-0.15, -0.1) is 11.3 Å². The number of ketones is 1. The second-order valence-corrected chi connectivity index (χ2v) is 7.35. The molecule has 1 aromatic carbocycles. The molecule has 0 aliphatic heterocycles. The Balaban J connectivity index is 1.79. The van der Waals surface area contributed by atoms with Crippen LogP contribution in [0.5, 0.6) is 5.75 Å². The monoisotopic (exact) mass is 386 g/mol. The number of carbonyl (C=O) groups is 1. The van der Waals surface area contributed by atoms with Gasteiger partial charge in [0.05, 0.1) is 29.8 Å². The molecule has 0 unspecified atom stereocenters. The van der Waals surface area contributed by atoms with Crippen LogP contribution in [0.2, 0.25) is 5.02 Å². The lowest BCUT2D eigenvalue weighted by Crippen LogP contribution is -2.02. The maximum absolute atomic E-state index is 12.3. The Bertz CT molecular complexity index is 943. The number of benzene rings is 1. The van der Waals surface area contributed by atoms with Gasteiger partial charge in [-0.05, 0) is 42.3 Å². The van der Waals surface area contributed by atoms with Crippen molar-refractivity contribution in [1.82, 2.24) is 9.78 Å². The van der Waals surface area contributed by atoms with Gasteiger partial charge in [-0.25, -0.2) is 0 Å². The van der Waals surface area contributed by atoms with Crippen LogP contribution in [0.3, 0.4) is 0 Å². The van der Waals surface area contributed by atoms with Gasteiger partial charge in [0, 0.05) is 16.6 Å². The van der Waals surface area contributed by atoms with E-state index in [0.717, 1.165) is 28.2 Å². The average molecular weight is 387 g/mol. The van der Waals surface area contributed by atoms with Crippen molar-refractivity contribution in [3.63, 3.8) is 0 Å². The number of allylic oxidation sites excluding steroid dienone is 1. The molecule has 0 fully saturated rings. The van der Waals surface area contributed by atoms with E-state index in [1.54, 1.807) is 41.6 Å². The predicted molar refractivity (Wildman–Crippen MR) is 106 cm³/mol. The van der Waals surface area contributed by atoms with Crippen LogP contribution in [0.25, 0.3) is 6.08 Å². The molecule has 26 heavy (non-hydrogen) atoms. The number of rotatable bonds is 7. The third-order valence-electron chi connectivity index (χ3n) is 3.92. The van der Waals surface area contributed by atoms with Gasteiger partial charge in [-0.1, -0.05) is 30.7 Å². The van der Waals surface area contributed by atoms with Crippen molar-refractivity contribution < 1.29 is 9.53 Å². The fraction of sp³-hybridized carbons (Fsp3) is 0.200. The van der Waals surface area contributed by atoms with Crippen molar-refractivity contribution in [2.24, 2.45) is 0 Å². The number of hydrogen-bond acceptors (Lipinski definition) is 4. The number of ether oxygens (including phenoxy) is 1. The summed E-state index contributed by atoms with van der Waals surface area (Å²) in [4.78, 5) is 14.3. The minimum absolute atomic E-state index is 0.0194. The number of thiophene rings is 1. The van der Waals surface area contributed by atoms with Gasteiger partial charge < -0.3 is 4.74 Å². The lowest BCUT2D eigenvalue weighted by atomic mass is 10.1. The van der Waals surface area contributed by atoms with Gasteiger partial charge in [0.1, 0.15) is 5.75 Å². The summed E-state index contributed by atoms with van der Waals surface area (Å²) in [5.41, 5.74) is 1.89. The molecular formula is C20H19ClN2O2S. The highest BCUT2D eigenvalue weighted by Crippen LogP contribution is 2.23. The zero-order valence-electron chi connectivity index (χ0n) is 14.6. The van der Waals surface area contributed by atoms with Crippen molar-refractivity contribution in [3.05, 3.63) is 74.7 Å². The van der Waals surface area contributed by atoms with E-state index in [-0.39, 0.29) is 5.78 Å². The topological polar surface area (TPSA) is 44.1 Å². The molecule has 4 nitrogen and oxygen atoms in total. The first kappa shape index (κ1) is 18.4. The molecule has 3 rings (SSSR count). The van der Waals surface area contributed by atoms with E-state index in [2.05, 4.69) is 12.0 Å². The van der Waals surface area contributed by atoms with Gasteiger partial charge >= 0.3 is 0 Å². The van der Waals surface area contributed by atoms with E-state index >= 15 is 0 Å². The summed E-state index contributed by atoms with van der Waals surface area (Å²) in [7, 11) is 1.63. The molecule has 2 heterocycles. The normalized spacial score (nSPS) is 11.2. The largest absolute Gasteiger partial charge is 0.496 e. The Kier molecular flexibility index (Phi) is 5.91. The summed E-state index contributed by atoms with van der Waals surface area (Å²) in [6.07, 6.45) is 7.74. The number of aryl methyl sites for hydroxylation is 1. The summed E-state index contributed by atoms with van der Waals surface area (Å²) in [6.45, 7) is 2.62. The fourth-order valence-electron chi connectivity index (χ4n) is 2.58. The highest BCUT2D eigenvalue weighted by Gasteiger charge is 2.08. The molecule has 0 saturated heterocycles. The predicted octanol–water partition coefficient (Wildman–Crippen LogP) is 5.11. The van der Waals surface area contributed by atoms with Crippen molar-refractivity contribution in [3.8, 4) is 5.75 Å². The van der Waals surface area contributed by atoms with E-state index in [9.17, 15) is 4.79 Å². The summed E-state index contributed by atoms with van der Waals surface area (Å²) in [5, 5.41) is 4.79. The Morgan fingerprint density at radius 2 is 2.19 bits per heavy atom. The van der Waals surface area contributed by atoms with E-state index < -0.39 is 0 Å². The lowest BCUT2D eigenvalue weighted by Gasteiger charge is -2.09. The molecule has 0 aliphatic carbocycles. The minimum atomic E-state index is 0.0194. The SMILES string of the molecule is CCc1ccc(C(=O)/C=C/c2ccc(OC)c(Cn3cc(Cl)cn3)c2)s1. The Labute approximate surface area is 161 Å². The van der Waals surface area contributed by atoms with Crippen molar-refractivity contribution in [2.45, 2.75) is 19.9 Å².